The van der Waals surface area contributed by atoms with Crippen molar-refractivity contribution in [2.45, 2.75) is 6.42 Å². The zero-order valence-corrected chi connectivity index (χ0v) is 9.97. The number of furan rings is 1. The maximum absolute atomic E-state index is 13.1. The zero-order valence-electron chi connectivity index (χ0n) is 9.97. The molecule has 0 saturated heterocycles. The van der Waals surface area contributed by atoms with Gasteiger partial charge in [0, 0.05) is 17.3 Å². The van der Waals surface area contributed by atoms with E-state index in [1.54, 1.807) is 24.4 Å². The van der Waals surface area contributed by atoms with E-state index in [9.17, 15) is 9.18 Å². The van der Waals surface area contributed by atoms with Gasteiger partial charge in [-0.3, -0.25) is 9.78 Å². The summed E-state index contributed by atoms with van der Waals surface area (Å²) >= 11 is 0. The lowest BCUT2D eigenvalue weighted by Crippen LogP contribution is -2.03. The summed E-state index contributed by atoms with van der Waals surface area (Å²) < 4.78 is 18.5. The minimum absolute atomic E-state index is 0.170. The van der Waals surface area contributed by atoms with Crippen LogP contribution in [0.25, 0.3) is 11.0 Å². The Kier molecular flexibility index (Phi) is 2.83. The van der Waals surface area contributed by atoms with Crippen LogP contribution in [0.5, 0.6) is 0 Å². The van der Waals surface area contributed by atoms with Gasteiger partial charge in [-0.05, 0) is 36.4 Å². The van der Waals surface area contributed by atoms with E-state index in [4.69, 9.17) is 4.42 Å². The van der Waals surface area contributed by atoms with E-state index in [2.05, 4.69) is 4.98 Å². The first-order valence-electron chi connectivity index (χ1n) is 5.84. The Morgan fingerprint density at radius 3 is 2.89 bits per heavy atom. The van der Waals surface area contributed by atoms with Gasteiger partial charge in [-0.25, -0.2) is 4.39 Å². The van der Waals surface area contributed by atoms with E-state index >= 15 is 0 Å². The summed E-state index contributed by atoms with van der Waals surface area (Å²) in [6, 6.07) is 11.1. The molecule has 0 radical (unpaired) electrons. The van der Waals surface area contributed by atoms with E-state index in [0.717, 1.165) is 0 Å². The second-order valence-corrected chi connectivity index (χ2v) is 4.21. The molecule has 0 aliphatic carbocycles. The highest BCUT2D eigenvalue weighted by atomic mass is 19.1. The number of Topliss-reactive ketones (excluding diaryl/α,β-unsaturated/α-hetero) is 1. The first-order chi connectivity index (χ1) is 9.22. The quantitative estimate of drug-likeness (QED) is 0.674. The normalized spacial score (nSPS) is 10.8. The monoisotopic (exact) mass is 255 g/mol. The van der Waals surface area contributed by atoms with Crippen LogP contribution in [-0.4, -0.2) is 10.8 Å². The fraction of sp³-hybridized carbons (Fsp3) is 0.0667. The van der Waals surface area contributed by atoms with Gasteiger partial charge in [-0.15, -0.1) is 0 Å². The summed E-state index contributed by atoms with van der Waals surface area (Å²) in [5, 5.41) is 0.587. The number of ketones is 1. The largest absolute Gasteiger partial charge is 0.453 e. The molecule has 2 aromatic heterocycles. The third-order valence-corrected chi connectivity index (χ3v) is 2.82. The molecule has 3 aromatic rings. The Hall–Kier alpha value is -2.49. The third-order valence-electron chi connectivity index (χ3n) is 2.82. The van der Waals surface area contributed by atoms with Crippen molar-refractivity contribution in [2.75, 3.05) is 0 Å². The number of hydrogen-bond acceptors (Lipinski definition) is 3. The van der Waals surface area contributed by atoms with Gasteiger partial charge < -0.3 is 4.42 Å². The smallest absolute Gasteiger partial charge is 0.203 e. The first kappa shape index (κ1) is 11.6. The standard InChI is InChI=1S/C15H10FNO2/c16-11-4-5-14-10(7-11)8-15(19-14)13(18)9-12-3-1-2-6-17-12/h1-8H,9H2. The summed E-state index contributed by atoms with van der Waals surface area (Å²) in [7, 11) is 0. The van der Waals surface area contributed by atoms with Crippen LogP contribution in [0.3, 0.4) is 0 Å². The van der Waals surface area contributed by atoms with Crippen molar-refractivity contribution in [3.05, 3.63) is 65.9 Å². The number of fused-ring (bicyclic) bond motifs is 1. The highest BCUT2D eigenvalue weighted by Gasteiger charge is 2.13. The number of rotatable bonds is 3. The van der Waals surface area contributed by atoms with E-state index in [1.165, 1.54) is 18.2 Å². The van der Waals surface area contributed by atoms with E-state index in [-0.39, 0.29) is 23.8 Å². The number of benzene rings is 1. The first-order valence-corrected chi connectivity index (χ1v) is 5.84. The molecule has 0 unspecified atom stereocenters. The van der Waals surface area contributed by atoms with Gasteiger partial charge in [0.1, 0.15) is 11.4 Å². The Labute approximate surface area is 108 Å². The third kappa shape index (κ3) is 2.38. The van der Waals surface area contributed by atoms with Crippen LogP contribution in [0.15, 0.2) is 53.1 Å². The lowest BCUT2D eigenvalue weighted by atomic mass is 10.1. The molecule has 0 amide bonds. The highest BCUT2D eigenvalue weighted by Crippen LogP contribution is 2.21. The minimum Gasteiger partial charge on any atom is -0.453 e. The topological polar surface area (TPSA) is 43.1 Å². The van der Waals surface area contributed by atoms with E-state index in [0.29, 0.717) is 16.7 Å². The van der Waals surface area contributed by atoms with Crippen molar-refractivity contribution in [3.8, 4) is 0 Å². The molecule has 2 heterocycles. The van der Waals surface area contributed by atoms with Crippen molar-refractivity contribution in [2.24, 2.45) is 0 Å². The molecule has 0 aliphatic heterocycles. The SMILES string of the molecule is O=C(Cc1ccccn1)c1cc2cc(F)ccc2o1. The van der Waals surface area contributed by atoms with Crippen molar-refractivity contribution < 1.29 is 13.6 Å². The molecule has 4 heteroatoms. The molecule has 0 atom stereocenters. The molecule has 0 saturated carbocycles. The number of halogens is 1. The Morgan fingerprint density at radius 2 is 2.11 bits per heavy atom. The number of carbonyl (C=O) groups excluding carboxylic acids is 1. The molecule has 0 fully saturated rings. The fourth-order valence-corrected chi connectivity index (χ4v) is 1.91. The number of hydrogen-bond donors (Lipinski definition) is 0. The van der Waals surface area contributed by atoms with Gasteiger partial charge in [0.25, 0.3) is 0 Å². The van der Waals surface area contributed by atoms with Crippen molar-refractivity contribution >= 4 is 16.8 Å². The van der Waals surface area contributed by atoms with E-state index < -0.39 is 0 Å². The molecule has 19 heavy (non-hydrogen) atoms. The molecular formula is C15H10FNO2. The lowest BCUT2D eigenvalue weighted by molar-refractivity contribution is 0.0967. The predicted octanol–water partition coefficient (Wildman–Crippen LogP) is 3.39. The number of nitrogens with zero attached hydrogens (tertiary/aromatic N) is 1. The van der Waals surface area contributed by atoms with Gasteiger partial charge >= 0.3 is 0 Å². The molecular weight excluding hydrogens is 245 g/mol. The summed E-state index contributed by atoms with van der Waals surface area (Å²) in [5.41, 5.74) is 1.19. The second kappa shape index (κ2) is 4.65. The van der Waals surface area contributed by atoms with Gasteiger partial charge in [-0.1, -0.05) is 6.07 Å². The van der Waals surface area contributed by atoms with E-state index in [1.807, 2.05) is 6.07 Å². The number of carbonyl (C=O) groups is 1. The molecule has 3 rings (SSSR count). The maximum atomic E-state index is 13.1. The molecule has 94 valence electrons. The summed E-state index contributed by atoms with van der Waals surface area (Å²) in [6.45, 7) is 0. The number of aromatic nitrogens is 1. The van der Waals surface area contributed by atoms with Crippen LogP contribution in [0.2, 0.25) is 0 Å². The fourth-order valence-electron chi connectivity index (χ4n) is 1.91. The molecule has 1 aromatic carbocycles. The summed E-state index contributed by atoms with van der Waals surface area (Å²) in [4.78, 5) is 16.1. The highest BCUT2D eigenvalue weighted by molar-refractivity contribution is 5.98. The lowest BCUT2D eigenvalue weighted by Gasteiger charge is -1.96. The average molecular weight is 255 g/mol. The van der Waals surface area contributed by atoms with Crippen LogP contribution < -0.4 is 0 Å². The van der Waals surface area contributed by atoms with Crippen molar-refractivity contribution in [3.63, 3.8) is 0 Å². The molecule has 0 bridgehead atoms. The van der Waals surface area contributed by atoms with Gasteiger partial charge in [0.2, 0.25) is 5.78 Å². The average Bonchev–Trinajstić information content (AvgIpc) is 2.83. The van der Waals surface area contributed by atoms with Crippen LogP contribution in [-0.2, 0) is 6.42 Å². The maximum Gasteiger partial charge on any atom is 0.203 e. The Balaban J connectivity index is 1.89. The van der Waals surface area contributed by atoms with Crippen LogP contribution >= 0.6 is 0 Å². The predicted molar refractivity (Wildman–Crippen MR) is 68.4 cm³/mol. The molecule has 3 nitrogen and oxygen atoms in total. The van der Waals surface area contributed by atoms with Gasteiger partial charge in [0.15, 0.2) is 5.76 Å². The second-order valence-electron chi connectivity index (χ2n) is 4.21. The Morgan fingerprint density at radius 1 is 1.21 bits per heavy atom. The molecule has 0 spiro atoms. The van der Waals surface area contributed by atoms with Crippen LogP contribution in [0.4, 0.5) is 4.39 Å². The molecule has 0 aliphatic rings. The van der Waals surface area contributed by atoms with Crippen LogP contribution in [0, 0.1) is 5.82 Å². The van der Waals surface area contributed by atoms with Crippen molar-refractivity contribution in [1.82, 2.24) is 4.98 Å². The van der Waals surface area contributed by atoms with Crippen LogP contribution in [0.1, 0.15) is 16.2 Å². The van der Waals surface area contributed by atoms with Gasteiger partial charge in [0.05, 0.1) is 6.42 Å². The minimum atomic E-state index is -0.350. The number of pyridine rings is 1. The Bertz CT molecular complexity index is 734. The summed E-state index contributed by atoms with van der Waals surface area (Å²) in [6.07, 6.45) is 1.81. The molecule has 0 N–H and O–H groups in total. The van der Waals surface area contributed by atoms with Crippen molar-refractivity contribution in [1.29, 1.82) is 0 Å². The summed E-state index contributed by atoms with van der Waals surface area (Å²) in [5.74, 6) is -0.293. The van der Waals surface area contributed by atoms with Gasteiger partial charge in [-0.2, -0.15) is 0 Å². The zero-order chi connectivity index (χ0) is 13.2.